The van der Waals surface area contributed by atoms with Gasteiger partial charge in [-0.25, -0.2) is 4.99 Å². The smallest absolute Gasteiger partial charge is 0.416 e. The van der Waals surface area contributed by atoms with Gasteiger partial charge in [0.15, 0.2) is 5.75 Å². The van der Waals surface area contributed by atoms with Crippen LogP contribution >= 0.6 is 0 Å². The van der Waals surface area contributed by atoms with Crippen molar-refractivity contribution in [2.45, 2.75) is 19.1 Å². The van der Waals surface area contributed by atoms with E-state index in [-0.39, 0.29) is 23.4 Å². The Kier molecular flexibility index (Phi) is 6.45. The number of alkyl halides is 3. The molecule has 0 saturated carbocycles. The first-order valence-electron chi connectivity index (χ1n) is 11.9. The van der Waals surface area contributed by atoms with Gasteiger partial charge in [0.1, 0.15) is 23.0 Å². The maximum Gasteiger partial charge on any atom is 0.416 e. The van der Waals surface area contributed by atoms with E-state index in [1.54, 1.807) is 47.4 Å². The Labute approximate surface area is 217 Å². The van der Waals surface area contributed by atoms with Crippen molar-refractivity contribution in [3.8, 4) is 23.3 Å². The monoisotopic (exact) mass is 520 g/mol. The first kappa shape index (κ1) is 25.1. The molecule has 0 N–H and O–H groups in total. The second-order valence-corrected chi connectivity index (χ2v) is 9.07. The van der Waals surface area contributed by atoms with Gasteiger partial charge in [-0.1, -0.05) is 6.07 Å². The van der Waals surface area contributed by atoms with Gasteiger partial charge in [-0.3, -0.25) is 4.79 Å². The van der Waals surface area contributed by atoms with Crippen LogP contribution in [0.15, 0.2) is 65.7 Å². The van der Waals surface area contributed by atoms with E-state index in [4.69, 9.17) is 9.47 Å². The molecule has 2 aliphatic heterocycles. The van der Waals surface area contributed by atoms with Crippen molar-refractivity contribution >= 4 is 17.4 Å². The first-order valence-corrected chi connectivity index (χ1v) is 11.9. The lowest BCUT2D eigenvalue weighted by Crippen LogP contribution is -2.55. The molecular formula is C28H23F3N4O3. The normalized spacial score (nSPS) is 16.8. The van der Waals surface area contributed by atoms with Gasteiger partial charge in [-0.05, 0) is 61.5 Å². The Hall–Kier alpha value is -4.52. The predicted molar refractivity (Wildman–Crippen MR) is 134 cm³/mol. The molecule has 0 unspecified atom stereocenters. The van der Waals surface area contributed by atoms with Crippen LogP contribution in [0.25, 0.3) is 0 Å². The number of piperazine rings is 1. The average molecular weight is 521 g/mol. The van der Waals surface area contributed by atoms with Crippen molar-refractivity contribution in [3.63, 3.8) is 0 Å². The molecule has 194 valence electrons. The summed E-state index contributed by atoms with van der Waals surface area (Å²) in [5.74, 6) is 1.42. The summed E-state index contributed by atoms with van der Waals surface area (Å²) in [5, 5.41) is 9.18. The number of carbonyl (C=O) groups excluding carboxylic acids is 1. The van der Waals surface area contributed by atoms with Crippen LogP contribution in [-0.2, 0) is 6.18 Å². The number of ether oxygens (including phenoxy) is 2. The van der Waals surface area contributed by atoms with Crippen LogP contribution < -0.4 is 9.47 Å². The van der Waals surface area contributed by atoms with Gasteiger partial charge in [0.2, 0.25) is 0 Å². The third-order valence-corrected chi connectivity index (χ3v) is 6.59. The van der Waals surface area contributed by atoms with Crippen molar-refractivity contribution in [3.05, 3.63) is 82.9 Å². The third kappa shape index (κ3) is 4.75. The lowest BCUT2D eigenvalue weighted by molar-refractivity contribution is -0.137. The van der Waals surface area contributed by atoms with Gasteiger partial charge < -0.3 is 19.3 Å². The summed E-state index contributed by atoms with van der Waals surface area (Å²) < 4.78 is 51.8. The zero-order valence-corrected chi connectivity index (χ0v) is 20.6. The highest BCUT2D eigenvalue weighted by atomic mass is 19.4. The van der Waals surface area contributed by atoms with Crippen LogP contribution in [0.1, 0.15) is 34.0 Å². The van der Waals surface area contributed by atoms with Crippen molar-refractivity contribution in [2.75, 3.05) is 26.7 Å². The second kappa shape index (κ2) is 9.74. The highest BCUT2D eigenvalue weighted by Gasteiger charge is 2.34. The molecule has 5 rings (SSSR count). The van der Waals surface area contributed by atoms with Crippen LogP contribution in [0.5, 0.6) is 17.2 Å². The SMILES string of the molecule is COc1ccc2c(c1)C(N1CCN(C(=O)c3cccc(C#N)c3)[C@H](C)C1)=Nc1cc(C(F)(F)F)ccc1O2. The molecule has 1 amide bonds. The maximum absolute atomic E-state index is 13.5. The summed E-state index contributed by atoms with van der Waals surface area (Å²) in [6, 6.07) is 16.7. The standard InChI is InChI=1S/C28H23F3N4O3/c1-17-16-34(10-11-35(17)27(36)19-5-3-4-18(12-19)15-32)26-22-14-21(37-2)7-9-24(22)38-25-8-6-20(28(29,30)31)13-23(25)33-26/h3-9,12-14,17H,10-11,16H2,1-2H3/t17-/m1/s1. The predicted octanol–water partition coefficient (Wildman–Crippen LogP) is 5.62. The third-order valence-electron chi connectivity index (χ3n) is 6.59. The Balaban J connectivity index is 1.50. The molecule has 0 bridgehead atoms. The van der Waals surface area contributed by atoms with E-state index < -0.39 is 11.7 Å². The number of carbonyl (C=O) groups is 1. The fourth-order valence-electron chi connectivity index (χ4n) is 4.64. The Bertz CT molecular complexity index is 1480. The van der Waals surface area contributed by atoms with Crippen molar-refractivity contribution in [1.29, 1.82) is 5.26 Å². The Morgan fingerprint density at radius 2 is 1.89 bits per heavy atom. The van der Waals surface area contributed by atoms with Crippen molar-refractivity contribution < 1.29 is 27.4 Å². The molecule has 1 fully saturated rings. The topological polar surface area (TPSA) is 78.2 Å². The minimum atomic E-state index is -4.53. The van der Waals surface area contributed by atoms with Gasteiger partial charge in [0.05, 0.1) is 29.9 Å². The summed E-state index contributed by atoms with van der Waals surface area (Å²) in [7, 11) is 1.52. The number of nitriles is 1. The van der Waals surface area contributed by atoms with Crippen molar-refractivity contribution in [1.82, 2.24) is 9.80 Å². The van der Waals surface area contributed by atoms with Gasteiger partial charge in [0, 0.05) is 31.2 Å². The Morgan fingerprint density at radius 1 is 1.11 bits per heavy atom. The molecular weight excluding hydrogens is 497 g/mol. The number of amides is 1. The summed E-state index contributed by atoms with van der Waals surface area (Å²) in [6.07, 6.45) is -4.53. The summed E-state index contributed by atoms with van der Waals surface area (Å²) in [6.45, 7) is 3.02. The van der Waals surface area contributed by atoms with E-state index in [1.807, 2.05) is 17.9 Å². The summed E-state index contributed by atoms with van der Waals surface area (Å²) in [4.78, 5) is 21.5. The zero-order chi connectivity index (χ0) is 27.0. The number of fused-ring (bicyclic) bond motifs is 2. The van der Waals surface area contributed by atoms with E-state index in [9.17, 15) is 23.2 Å². The molecule has 3 aromatic carbocycles. The van der Waals surface area contributed by atoms with Crippen molar-refractivity contribution in [2.24, 2.45) is 4.99 Å². The van der Waals surface area contributed by atoms with E-state index in [2.05, 4.69) is 4.99 Å². The molecule has 0 spiro atoms. The van der Waals surface area contributed by atoms with E-state index in [0.29, 0.717) is 53.7 Å². The number of hydrogen-bond acceptors (Lipinski definition) is 6. The molecule has 38 heavy (non-hydrogen) atoms. The first-order chi connectivity index (χ1) is 18.2. The van der Waals surface area contributed by atoms with Crippen LogP contribution in [0.3, 0.4) is 0 Å². The molecule has 2 aliphatic rings. The van der Waals surface area contributed by atoms with Gasteiger partial charge >= 0.3 is 6.18 Å². The van der Waals surface area contributed by atoms with E-state index in [1.165, 1.54) is 13.2 Å². The second-order valence-electron chi connectivity index (χ2n) is 9.07. The molecule has 1 atom stereocenters. The van der Waals surface area contributed by atoms with Gasteiger partial charge in [0.25, 0.3) is 5.91 Å². The maximum atomic E-state index is 13.5. The number of methoxy groups -OCH3 is 1. The summed E-state index contributed by atoms with van der Waals surface area (Å²) >= 11 is 0. The molecule has 0 aromatic heterocycles. The molecule has 0 radical (unpaired) electrons. The number of aliphatic imine (C=N–C) groups is 1. The molecule has 1 saturated heterocycles. The fourth-order valence-corrected chi connectivity index (χ4v) is 4.64. The van der Waals surface area contributed by atoms with Crippen LogP contribution in [-0.4, -0.2) is 54.3 Å². The average Bonchev–Trinajstić information content (AvgIpc) is 3.08. The zero-order valence-electron chi connectivity index (χ0n) is 20.6. The van der Waals surface area contributed by atoms with Crippen LogP contribution in [0, 0.1) is 11.3 Å². The number of rotatable bonds is 2. The van der Waals surface area contributed by atoms with Gasteiger partial charge in [-0.2, -0.15) is 18.4 Å². The minimum absolute atomic E-state index is 0.0597. The molecule has 7 nitrogen and oxygen atoms in total. The summed E-state index contributed by atoms with van der Waals surface area (Å²) in [5.41, 5.74) is 0.632. The number of nitrogens with zero attached hydrogens (tertiary/aromatic N) is 4. The molecule has 2 heterocycles. The quantitative estimate of drug-likeness (QED) is 0.439. The minimum Gasteiger partial charge on any atom is -0.497 e. The Morgan fingerprint density at radius 3 is 2.61 bits per heavy atom. The largest absolute Gasteiger partial charge is 0.497 e. The highest BCUT2D eigenvalue weighted by Crippen LogP contribution is 2.42. The fraction of sp³-hybridized carbons (Fsp3) is 0.250. The van der Waals surface area contributed by atoms with Crippen LogP contribution in [0.2, 0.25) is 0 Å². The number of benzene rings is 3. The highest BCUT2D eigenvalue weighted by molar-refractivity contribution is 6.04. The lowest BCUT2D eigenvalue weighted by atomic mass is 10.1. The van der Waals surface area contributed by atoms with Gasteiger partial charge in [-0.15, -0.1) is 0 Å². The molecule has 3 aromatic rings. The number of halogens is 3. The lowest BCUT2D eigenvalue weighted by Gasteiger charge is -2.41. The number of amidine groups is 1. The molecule has 0 aliphatic carbocycles. The number of hydrogen-bond donors (Lipinski definition) is 0. The molecule has 10 heteroatoms. The van der Waals surface area contributed by atoms with E-state index in [0.717, 1.165) is 12.1 Å². The van der Waals surface area contributed by atoms with Crippen LogP contribution in [0.4, 0.5) is 18.9 Å². The van der Waals surface area contributed by atoms with E-state index >= 15 is 0 Å².